The molecule has 2 heterocycles. The maximum absolute atomic E-state index is 12.3. The number of fused-ring (bicyclic) bond motifs is 3. The summed E-state index contributed by atoms with van der Waals surface area (Å²) in [5.74, 6) is 0.501. The maximum Gasteiger partial charge on any atom is 0.225 e. The first kappa shape index (κ1) is 18.4. The number of phenolic OH excluding ortho intramolecular Hbond substituents is 1. The topological polar surface area (TPSA) is 89.3 Å². The van der Waals surface area contributed by atoms with Gasteiger partial charge in [-0.1, -0.05) is 23.7 Å². The minimum Gasteiger partial charge on any atom is -0.508 e. The van der Waals surface area contributed by atoms with Crippen LogP contribution in [0.4, 0.5) is 5.69 Å². The van der Waals surface area contributed by atoms with Crippen molar-refractivity contribution in [2.24, 2.45) is 0 Å². The van der Waals surface area contributed by atoms with E-state index in [1.165, 1.54) is 4.80 Å². The average Bonchev–Trinajstić information content (AvgIpc) is 3.18. The molecule has 0 aliphatic carbocycles. The Hall–Kier alpha value is -3.58. The van der Waals surface area contributed by atoms with E-state index in [0.717, 1.165) is 16.8 Å². The van der Waals surface area contributed by atoms with Gasteiger partial charge in [0.2, 0.25) is 5.91 Å². The Bertz CT molecular complexity index is 1280. The number of hydrogen-bond acceptors (Lipinski definition) is 5. The van der Waals surface area contributed by atoms with Crippen molar-refractivity contribution in [3.63, 3.8) is 0 Å². The number of ether oxygens (including phenoxy) is 1. The first-order valence-corrected chi connectivity index (χ1v) is 9.74. The highest BCUT2D eigenvalue weighted by molar-refractivity contribution is 6.32. The number of carbonyl (C=O) groups is 1. The lowest BCUT2D eigenvalue weighted by Gasteiger charge is -2.26. The van der Waals surface area contributed by atoms with Gasteiger partial charge in [0.15, 0.2) is 0 Å². The van der Waals surface area contributed by atoms with E-state index in [-0.39, 0.29) is 24.0 Å². The molecular weight excluding hydrogens is 404 g/mol. The highest BCUT2D eigenvalue weighted by atomic mass is 35.5. The van der Waals surface area contributed by atoms with Crippen LogP contribution in [0.15, 0.2) is 54.6 Å². The fourth-order valence-electron chi connectivity index (χ4n) is 3.84. The molecule has 30 heavy (non-hydrogen) atoms. The van der Waals surface area contributed by atoms with Gasteiger partial charge in [0.05, 0.1) is 17.8 Å². The van der Waals surface area contributed by atoms with E-state index in [1.807, 2.05) is 30.3 Å². The largest absolute Gasteiger partial charge is 0.508 e. The van der Waals surface area contributed by atoms with Crippen LogP contribution >= 0.6 is 11.6 Å². The molecule has 1 aromatic heterocycles. The number of aromatic nitrogens is 3. The Morgan fingerprint density at radius 1 is 1.13 bits per heavy atom. The number of phenols is 1. The predicted octanol–water partition coefficient (Wildman–Crippen LogP) is 4.26. The van der Waals surface area contributed by atoms with Gasteiger partial charge in [0.25, 0.3) is 0 Å². The highest BCUT2D eigenvalue weighted by Crippen LogP contribution is 2.41. The quantitative estimate of drug-likeness (QED) is 0.517. The minimum atomic E-state index is -0.192. The third-order valence-corrected chi connectivity index (χ3v) is 5.56. The van der Waals surface area contributed by atoms with Crippen LogP contribution in [0, 0.1) is 0 Å². The lowest BCUT2D eigenvalue weighted by Crippen LogP contribution is -2.23. The first-order chi connectivity index (χ1) is 14.5. The van der Waals surface area contributed by atoms with Crippen LogP contribution in [0.3, 0.4) is 0 Å². The van der Waals surface area contributed by atoms with E-state index in [0.29, 0.717) is 27.5 Å². The number of hydrogen-bond donors (Lipinski definition) is 2. The van der Waals surface area contributed by atoms with Crippen LogP contribution in [-0.4, -0.2) is 33.1 Å². The van der Waals surface area contributed by atoms with Crippen LogP contribution < -0.4 is 10.1 Å². The van der Waals surface area contributed by atoms with E-state index < -0.39 is 0 Å². The second-order valence-corrected chi connectivity index (χ2v) is 7.51. The molecule has 0 bridgehead atoms. The normalized spacial score (nSPS) is 15.7. The van der Waals surface area contributed by atoms with Gasteiger partial charge in [0, 0.05) is 23.6 Å². The summed E-state index contributed by atoms with van der Waals surface area (Å²) in [6, 6.07) is 15.9. The van der Waals surface area contributed by atoms with Crippen molar-refractivity contribution in [1.82, 2.24) is 15.0 Å². The molecule has 0 unspecified atom stereocenters. The molecule has 1 aliphatic rings. The van der Waals surface area contributed by atoms with Crippen LogP contribution in [-0.2, 0) is 4.79 Å². The number of nitrogens with one attached hydrogen (secondary N) is 1. The molecule has 1 amide bonds. The molecule has 2 N–H and O–H groups in total. The van der Waals surface area contributed by atoms with E-state index in [2.05, 4.69) is 10.4 Å². The van der Waals surface area contributed by atoms with Gasteiger partial charge in [-0.05, 0) is 48.0 Å². The Morgan fingerprint density at radius 3 is 2.67 bits per heavy atom. The molecule has 7 nitrogen and oxygen atoms in total. The van der Waals surface area contributed by atoms with Gasteiger partial charge < -0.3 is 15.2 Å². The number of rotatable bonds is 3. The van der Waals surface area contributed by atoms with Gasteiger partial charge in [-0.3, -0.25) is 4.79 Å². The summed E-state index contributed by atoms with van der Waals surface area (Å²) in [5.41, 5.74) is 4.67. The monoisotopic (exact) mass is 420 g/mol. The molecule has 150 valence electrons. The van der Waals surface area contributed by atoms with Crippen molar-refractivity contribution >= 4 is 34.2 Å². The molecule has 0 fully saturated rings. The number of halogens is 1. The van der Waals surface area contributed by atoms with Crippen molar-refractivity contribution in [3.8, 4) is 17.2 Å². The molecule has 0 spiro atoms. The molecule has 0 saturated heterocycles. The molecule has 8 heteroatoms. The van der Waals surface area contributed by atoms with Crippen LogP contribution in [0.25, 0.3) is 16.7 Å². The molecule has 1 aliphatic heterocycles. The van der Waals surface area contributed by atoms with Crippen molar-refractivity contribution in [3.05, 3.63) is 70.7 Å². The van der Waals surface area contributed by atoms with Gasteiger partial charge in [-0.2, -0.15) is 4.80 Å². The molecule has 0 saturated carbocycles. The van der Waals surface area contributed by atoms with Crippen molar-refractivity contribution in [1.29, 1.82) is 0 Å². The Labute approximate surface area is 176 Å². The minimum absolute atomic E-state index is 0.0609. The number of methoxy groups -OCH3 is 1. The predicted molar refractivity (Wildman–Crippen MR) is 114 cm³/mol. The Morgan fingerprint density at radius 2 is 1.93 bits per heavy atom. The molecular formula is C22H17ClN4O3. The lowest BCUT2D eigenvalue weighted by molar-refractivity contribution is -0.116. The highest BCUT2D eigenvalue weighted by Gasteiger charge is 2.30. The zero-order chi connectivity index (χ0) is 20.8. The van der Waals surface area contributed by atoms with Gasteiger partial charge >= 0.3 is 0 Å². The second kappa shape index (κ2) is 7.03. The van der Waals surface area contributed by atoms with Crippen LogP contribution in [0.5, 0.6) is 11.5 Å². The fraction of sp³-hybridized carbons (Fsp3) is 0.136. The summed E-state index contributed by atoms with van der Waals surface area (Å²) in [5, 5.41) is 22.4. The van der Waals surface area contributed by atoms with Gasteiger partial charge in [0.1, 0.15) is 22.5 Å². The third kappa shape index (κ3) is 3.04. The summed E-state index contributed by atoms with van der Waals surface area (Å²) < 4.78 is 5.21. The molecule has 1 atom stereocenters. The molecule has 5 rings (SSSR count). The summed E-state index contributed by atoms with van der Waals surface area (Å²) in [6.07, 6.45) is 0.290. The summed E-state index contributed by atoms with van der Waals surface area (Å²) in [7, 11) is 1.56. The van der Waals surface area contributed by atoms with E-state index >= 15 is 0 Å². The van der Waals surface area contributed by atoms with Gasteiger partial charge in [-0.25, -0.2) is 0 Å². The fourth-order valence-corrected chi connectivity index (χ4v) is 4.09. The average molecular weight is 421 g/mol. The first-order valence-electron chi connectivity index (χ1n) is 9.36. The summed E-state index contributed by atoms with van der Waals surface area (Å²) in [4.78, 5) is 13.8. The summed E-state index contributed by atoms with van der Waals surface area (Å²) >= 11 is 6.26. The number of aromatic hydroxyl groups is 1. The molecule has 4 aromatic rings. The zero-order valence-corrected chi connectivity index (χ0v) is 16.7. The zero-order valence-electron chi connectivity index (χ0n) is 16.0. The SMILES string of the molecule is COc1ccc(-n2nc3ccc4c(c3n2)[C@@H](c2ccc(O)cc2)CC(=O)N4)cc1Cl. The second-order valence-electron chi connectivity index (χ2n) is 7.10. The van der Waals surface area contributed by atoms with Crippen molar-refractivity contribution in [2.75, 3.05) is 12.4 Å². The van der Waals surface area contributed by atoms with E-state index in [1.54, 1.807) is 31.4 Å². The van der Waals surface area contributed by atoms with Gasteiger partial charge in [-0.15, -0.1) is 10.2 Å². The van der Waals surface area contributed by atoms with Crippen molar-refractivity contribution < 1.29 is 14.6 Å². The van der Waals surface area contributed by atoms with E-state index in [4.69, 9.17) is 21.4 Å². The lowest BCUT2D eigenvalue weighted by atomic mass is 9.84. The van der Waals surface area contributed by atoms with Crippen LogP contribution in [0.2, 0.25) is 5.02 Å². The smallest absolute Gasteiger partial charge is 0.225 e. The van der Waals surface area contributed by atoms with E-state index in [9.17, 15) is 9.90 Å². The molecule has 0 radical (unpaired) electrons. The summed E-state index contributed by atoms with van der Waals surface area (Å²) in [6.45, 7) is 0. The Kier molecular flexibility index (Phi) is 4.33. The van der Waals surface area contributed by atoms with Crippen LogP contribution in [0.1, 0.15) is 23.5 Å². The number of anilines is 1. The number of nitrogens with zero attached hydrogens (tertiary/aromatic N) is 3. The number of benzene rings is 3. The Balaban J connectivity index is 1.67. The molecule has 3 aromatic carbocycles. The standard InChI is InChI=1S/C22H17ClN4O3/c1-30-19-9-4-13(10-16(19)23)27-25-18-8-7-17-21(22(18)26-27)15(11-20(29)24-17)12-2-5-14(28)6-3-12/h2-10,15,28H,11H2,1H3,(H,24,29)/t15-/m1/s1. The number of carbonyl (C=O) groups excluding carboxylic acids is 1. The van der Waals surface area contributed by atoms with Crippen molar-refractivity contribution in [2.45, 2.75) is 12.3 Å². The third-order valence-electron chi connectivity index (χ3n) is 5.27. The number of amides is 1. The maximum atomic E-state index is 12.3.